The van der Waals surface area contributed by atoms with E-state index in [1.807, 2.05) is 36.5 Å². The van der Waals surface area contributed by atoms with Crippen LogP contribution in [-0.4, -0.2) is 19.2 Å². The van der Waals surface area contributed by atoms with Gasteiger partial charge in [-0.1, -0.05) is 24.3 Å². The molecule has 0 aliphatic rings. The Kier molecular flexibility index (Phi) is 3.25. The molecule has 2 aromatic carbocycles. The first-order valence-electron chi connectivity index (χ1n) is 6.39. The topological polar surface area (TPSA) is 31.4 Å². The quantitative estimate of drug-likeness (QED) is 0.719. The molecule has 3 nitrogen and oxygen atoms in total. The first kappa shape index (κ1) is 12.5. The summed E-state index contributed by atoms with van der Waals surface area (Å²) in [5.41, 5.74) is 1.93. The van der Waals surface area contributed by atoms with Crippen LogP contribution in [0.4, 0.5) is 0 Å². The van der Waals surface area contributed by atoms with Gasteiger partial charge >= 0.3 is 0 Å². The van der Waals surface area contributed by atoms with Gasteiger partial charge in [0.05, 0.1) is 19.9 Å². The van der Waals surface area contributed by atoms with Crippen LogP contribution in [0.2, 0.25) is 0 Å². The fraction of sp³-hybridized carbons (Fsp3) is 0.118. The van der Waals surface area contributed by atoms with Gasteiger partial charge < -0.3 is 9.47 Å². The second kappa shape index (κ2) is 5.21. The van der Waals surface area contributed by atoms with E-state index in [1.54, 1.807) is 14.2 Å². The van der Waals surface area contributed by atoms with E-state index in [1.165, 1.54) is 5.39 Å². The third kappa shape index (κ3) is 2.18. The number of methoxy groups -OCH3 is 2. The second-order valence-corrected chi connectivity index (χ2v) is 4.49. The summed E-state index contributed by atoms with van der Waals surface area (Å²) in [6.07, 6.45) is 1.89. The van der Waals surface area contributed by atoms with Crippen molar-refractivity contribution in [3.05, 3.63) is 54.7 Å². The highest BCUT2D eigenvalue weighted by Gasteiger charge is 2.07. The molecule has 0 spiro atoms. The number of hydrogen-bond acceptors (Lipinski definition) is 3. The molecule has 3 rings (SSSR count). The molecule has 3 heteroatoms. The third-order valence-corrected chi connectivity index (χ3v) is 3.31. The Bertz CT molecular complexity index is 753. The largest absolute Gasteiger partial charge is 0.493 e. The molecule has 100 valence electrons. The summed E-state index contributed by atoms with van der Waals surface area (Å²) in [5, 5.41) is 2.31. The van der Waals surface area contributed by atoms with E-state index in [-0.39, 0.29) is 0 Å². The Labute approximate surface area is 117 Å². The molecule has 1 heterocycles. The van der Waals surface area contributed by atoms with Gasteiger partial charge in [-0.3, -0.25) is 4.98 Å². The van der Waals surface area contributed by atoms with Crippen molar-refractivity contribution in [3.63, 3.8) is 0 Å². The van der Waals surface area contributed by atoms with E-state index in [2.05, 4.69) is 23.2 Å². The molecule has 0 aliphatic heterocycles. The molecule has 0 aliphatic carbocycles. The molecule has 0 amide bonds. The van der Waals surface area contributed by atoms with E-state index < -0.39 is 0 Å². The maximum atomic E-state index is 5.33. The first-order valence-corrected chi connectivity index (χ1v) is 6.39. The summed E-state index contributed by atoms with van der Waals surface area (Å²) in [6.45, 7) is 0. The summed E-state index contributed by atoms with van der Waals surface area (Å²) in [7, 11) is 3.27. The van der Waals surface area contributed by atoms with Crippen LogP contribution in [0.15, 0.2) is 54.7 Å². The number of hydrogen-bond donors (Lipinski definition) is 0. The monoisotopic (exact) mass is 265 g/mol. The standard InChI is InChI=1S/C17H15NO2/c1-19-16-8-7-13(10-17(16)20-2)15-9-12-5-3-4-6-14(12)11-18-15/h3-11H,1-2H3. The molecule has 20 heavy (non-hydrogen) atoms. The molecular formula is C17H15NO2. The zero-order valence-electron chi connectivity index (χ0n) is 11.5. The first-order chi connectivity index (χ1) is 9.81. The van der Waals surface area contributed by atoms with Crippen molar-refractivity contribution in [2.75, 3.05) is 14.2 Å². The summed E-state index contributed by atoms with van der Waals surface area (Å²) < 4.78 is 10.6. The molecule has 0 fully saturated rings. The highest BCUT2D eigenvalue weighted by molar-refractivity contribution is 5.85. The van der Waals surface area contributed by atoms with Crippen molar-refractivity contribution in [2.45, 2.75) is 0 Å². The molecule has 0 unspecified atom stereocenters. The van der Waals surface area contributed by atoms with Crippen LogP contribution in [0, 0.1) is 0 Å². The number of ether oxygens (including phenoxy) is 2. The van der Waals surface area contributed by atoms with Gasteiger partial charge in [-0.2, -0.15) is 0 Å². The van der Waals surface area contributed by atoms with E-state index in [0.29, 0.717) is 5.75 Å². The number of aromatic nitrogens is 1. The van der Waals surface area contributed by atoms with Gasteiger partial charge in [0.2, 0.25) is 0 Å². The number of pyridine rings is 1. The number of nitrogens with zero attached hydrogens (tertiary/aromatic N) is 1. The molecule has 0 saturated heterocycles. The Balaban J connectivity index is 2.10. The van der Waals surface area contributed by atoms with Gasteiger partial charge in [0.1, 0.15) is 0 Å². The minimum absolute atomic E-state index is 0.708. The molecule has 0 N–H and O–H groups in total. The van der Waals surface area contributed by atoms with Crippen LogP contribution in [0.3, 0.4) is 0 Å². The number of rotatable bonds is 3. The average Bonchev–Trinajstić information content (AvgIpc) is 2.53. The molecule has 0 radical (unpaired) electrons. The van der Waals surface area contributed by atoms with Gasteiger partial charge in [-0.25, -0.2) is 0 Å². The molecule has 3 aromatic rings. The molecule has 1 aromatic heterocycles. The lowest BCUT2D eigenvalue weighted by Crippen LogP contribution is -1.91. The number of fused-ring (bicyclic) bond motifs is 1. The zero-order chi connectivity index (χ0) is 13.9. The number of benzene rings is 2. The van der Waals surface area contributed by atoms with Crippen LogP contribution >= 0.6 is 0 Å². The molecule has 0 bridgehead atoms. The molecule has 0 atom stereocenters. The lowest BCUT2D eigenvalue weighted by Gasteiger charge is -2.09. The minimum atomic E-state index is 0.708. The Morgan fingerprint density at radius 2 is 1.55 bits per heavy atom. The molecular weight excluding hydrogens is 250 g/mol. The average molecular weight is 265 g/mol. The predicted octanol–water partition coefficient (Wildman–Crippen LogP) is 3.92. The highest BCUT2D eigenvalue weighted by Crippen LogP contribution is 2.32. The SMILES string of the molecule is COc1ccc(-c2cc3ccccc3cn2)cc1OC. The Morgan fingerprint density at radius 1 is 0.800 bits per heavy atom. The normalized spacial score (nSPS) is 10.5. The van der Waals surface area contributed by atoms with Gasteiger partial charge in [0.15, 0.2) is 11.5 Å². The van der Waals surface area contributed by atoms with Crippen molar-refractivity contribution in [1.82, 2.24) is 4.98 Å². The van der Waals surface area contributed by atoms with Gasteiger partial charge in [-0.05, 0) is 29.7 Å². The van der Waals surface area contributed by atoms with Crippen molar-refractivity contribution in [1.29, 1.82) is 0 Å². The molecule has 0 saturated carbocycles. The van der Waals surface area contributed by atoms with Crippen molar-refractivity contribution in [2.24, 2.45) is 0 Å². The van der Waals surface area contributed by atoms with Crippen LogP contribution in [0.5, 0.6) is 11.5 Å². The lowest BCUT2D eigenvalue weighted by atomic mass is 10.1. The maximum Gasteiger partial charge on any atom is 0.161 e. The zero-order valence-corrected chi connectivity index (χ0v) is 11.5. The van der Waals surface area contributed by atoms with Crippen LogP contribution in [0.25, 0.3) is 22.0 Å². The van der Waals surface area contributed by atoms with Crippen molar-refractivity contribution < 1.29 is 9.47 Å². The van der Waals surface area contributed by atoms with Crippen molar-refractivity contribution >= 4 is 10.8 Å². The van der Waals surface area contributed by atoms with Crippen LogP contribution in [-0.2, 0) is 0 Å². The maximum absolute atomic E-state index is 5.33. The van der Waals surface area contributed by atoms with E-state index in [4.69, 9.17) is 9.47 Å². The Morgan fingerprint density at radius 3 is 2.30 bits per heavy atom. The smallest absolute Gasteiger partial charge is 0.161 e. The third-order valence-electron chi connectivity index (χ3n) is 3.31. The Hall–Kier alpha value is -2.55. The fourth-order valence-electron chi connectivity index (χ4n) is 2.24. The van der Waals surface area contributed by atoms with Crippen molar-refractivity contribution in [3.8, 4) is 22.8 Å². The van der Waals surface area contributed by atoms with Crippen LogP contribution < -0.4 is 9.47 Å². The summed E-state index contributed by atoms with van der Waals surface area (Å²) in [5.74, 6) is 1.43. The predicted molar refractivity (Wildman–Crippen MR) is 80.3 cm³/mol. The lowest BCUT2D eigenvalue weighted by molar-refractivity contribution is 0.355. The van der Waals surface area contributed by atoms with Gasteiger partial charge in [0.25, 0.3) is 0 Å². The summed E-state index contributed by atoms with van der Waals surface area (Å²) >= 11 is 0. The van der Waals surface area contributed by atoms with E-state index in [0.717, 1.165) is 22.4 Å². The minimum Gasteiger partial charge on any atom is -0.493 e. The summed E-state index contributed by atoms with van der Waals surface area (Å²) in [6, 6.07) is 16.1. The van der Waals surface area contributed by atoms with Crippen LogP contribution in [0.1, 0.15) is 0 Å². The van der Waals surface area contributed by atoms with Gasteiger partial charge in [-0.15, -0.1) is 0 Å². The van der Waals surface area contributed by atoms with E-state index >= 15 is 0 Å². The van der Waals surface area contributed by atoms with Gasteiger partial charge in [0, 0.05) is 17.1 Å². The summed E-state index contributed by atoms with van der Waals surface area (Å²) in [4.78, 5) is 4.51. The second-order valence-electron chi connectivity index (χ2n) is 4.49. The van der Waals surface area contributed by atoms with E-state index in [9.17, 15) is 0 Å². The fourth-order valence-corrected chi connectivity index (χ4v) is 2.24. The highest BCUT2D eigenvalue weighted by atomic mass is 16.5.